The van der Waals surface area contributed by atoms with Crippen molar-refractivity contribution in [1.29, 1.82) is 0 Å². The van der Waals surface area contributed by atoms with Crippen LogP contribution in [-0.4, -0.2) is 18.1 Å². The van der Waals surface area contributed by atoms with Gasteiger partial charge in [-0.1, -0.05) is 78.9 Å². The lowest BCUT2D eigenvalue weighted by Gasteiger charge is -2.21. The fourth-order valence-corrected chi connectivity index (χ4v) is 4.08. The molecule has 1 aromatic heterocycles. The predicted molar refractivity (Wildman–Crippen MR) is 139 cm³/mol. The van der Waals surface area contributed by atoms with Gasteiger partial charge in [0.2, 0.25) is 0 Å². The van der Waals surface area contributed by atoms with Gasteiger partial charge >= 0.3 is 5.97 Å². The van der Waals surface area contributed by atoms with E-state index in [-0.39, 0.29) is 0 Å². The summed E-state index contributed by atoms with van der Waals surface area (Å²) in [4.78, 5) is 17.7. The van der Waals surface area contributed by atoms with Crippen molar-refractivity contribution in [2.24, 2.45) is 0 Å². The van der Waals surface area contributed by atoms with Crippen LogP contribution < -0.4 is 9.47 Å². The molecule has 0 aliphatic rings. The zero-order valence-corrected chi connectivity index (χ0v) is 19.8. The molecule has 5 aromatic rings. The Morgan fingerprint density at radius 2 is 1.53 bits per heavy atom. The molecule has 1 atom stereocenters. The Bertz CT molecular complexity index is 1460. The number of ether oxygens (including phenoxy) is 3. The predicted octanol–water partition coefficient (Wildman–Crippen LogP) is 6.77. The van der Waals surface area contributed by atoms with Gasteiger partial charge in [-0.3, -0.25) is 4.98 Å². The standard InChI is InChI=1S/C31H25NO4/c1-34-28-20-25(16-17-27(28)35-21-22-10-4-2-5-11-22)30(36-31(33)24-13-6-3-7-14-24)29-26-15-9-8-12-23(26)18-19-32-29/h2-20,30H,21H2,1H3. The number of benzene rings is 4. The number of nitrogens with zero attached hydrogens (tertiary/aromatic N) is 1. The van der Waals surface area contributed by atoms with E-state index in [9.17, 15) is 4.79 Å². The van der Waals surface area contributed by atoms with Crippen LogP contribution in [0.25, 0.3) is 10.8 Å². The molecule has 0 fully saturated rings. The number of aromatic nitrogens is 1. The molecule has 0 saturated heterocycles. The molecule has 0 N–H and O–H groups in total. The van der Waals surface area contributed by atoms with E-state index < -0.39 is 12.1 Å². The van der Waals surface area contributed by atoms with Gasteiger partial charge in [-0.05, 0) is 41.3 Å². The van der Waals surface area contributed by atoms with Gasteiger partial charge in [0.15, 0.2) is 17.6 Å². The molecule has 1 heterocycles. The number of hydrogen-bond acceptors (Lipinski definition) is 5. The van der Waals surface area contributed by atoms with Gasteiger partial charge < -0.3 is 14.2 Å². The molecular weight excluding hydrogens is 450 g/mol. The quantitative estimate of drug-likeness (QED) is 0.232. The van der Waals surface area contributed by atoms with Gasteiger partial charge in [-0.25, -0.2) is 4.79 Å². The van der Waals surface area contributed by atoms with E-state index >= 15 is 0 Å². The van der Waals surface area contributed by atoms with Crippen molar-refractivity contribution in [2.45, 2.75) is 12.7 Å². The second kappa shape index (κ2) is 10.7. The average molecular weight is 476 g/mol. The van der Waals surface area contributed by atoms with E-state index in [0.29, 0.717) is 29.4 Å². The second-order valence-corrected chi connectivity index (χ2v) is 8.25. The molecule has 0 bridgehead atoms. The highest BCUT2D eigenvalue weighted by Gasteiger charge is 2.25. The van der Waals surface area contributed by atoms with Crippen molar-refractivity contribution in [3.63, 3.8) is 0 Å². The fourth-order valence-electron chi connectivity index (χ4n) is 4.08. The van der Waals surface area contributed by atoms with Gasteiger partial charge in [0.1, 0.15) is 6.61 Å². The van der Waals surface area contributed by atoms with Crippen LogP contribution in [0.4, 0.5) is 0 Å². The van der Waals surface area contributed by atoms with Crippen molar-refractivity contribution >= 4 is 16.7 Å². The van der Waals surface area contributed by atoms with Crippen molar-refractivity contribution < 1.29 is 19.0 Å². The number of fused-ring (bicyclic) bond motifs is 1. The zero-order chi connectivity index (χ0) is 24.7. The van der Waals surface area contributed by atoms with Crippen molar-refractivity contribution in [2.75, 3.05) is 7.11 Å². The van der Waals surface area contributed by atoms with Crippen LogP contribution in [0.15, 0.2) is 115 Å². The van der Waals surface area contributed by atoms with Gasteiger partial charge in [-0.2, -0.15) is 0 Å². The molecule has 1 unspecified atom stereocenters. The number of carbonyl (C=O) groups excluding carboxylic acids is 1. The number of rotatable bonds is 8. The summed E-state index contributed by atoms with van der Waals surface area (Å²) < 4.78 is 17.8. The Labute approximate surface area is 209 Å². The SMILES string of the molecule is COc1cc(C(OC(=O)c2ccccc2)c2nccc3ccccc23)ccc1OCc1ccccc1. The Balaban J connectivity index is 1.52. The average Bonchev–Trinajstić information content (AvgIpc) is 2.95. The number of pyridine rings is 1. The number of methoxy groups -OCH3 is 1. The summed E-state index contributed by atoms with van der Waals surface area (Å²) in [6.07, 6.45) is 0.983. The summed E-state index contributed by atoms with van der Waals surface area (Å²) >= 11 is 0. The lowest BCUT2D eigenvalue weighted by molar-refractivity contribution is 0.0373. The minimum absolute atomic E-state index is 0.411. The van der Waals surface area contributed by atoms with Crippen LogP contribution >= 0.6 is 0 Å². The Kier molecular flexibility index (Phi) is 6.90. The number of esters is 1. The highest BCUT2D eigenvalue weighted by atomic mass is 16.5. The maximum absolute atomic E-state index is 13.1. The van der Waals surface area contributed by atoms with E-state index in [2.05, 4.69) is 4.98 Å². The lowest BCUT2D eigenvalue weighted by Crippen LogP contribution is -2.15. The molecule has 36 heavy (non-hydrogen) atoms. The molecular formula is C31H25NO4. The van der Waals surface area contributed by atoms with E-state index in [1.807, 2.05) is 97.1 Å². The Hall–Kier alpha value is -4.64. The summed E-state index contributed by atoms with van der Waals surface area (Å²) in [6.45, 7) is 0.411. The van der Waals surface area contributed by atoms with Crippen molar-refractivity contribution in [1.82, 2.24) is 4.98 Å². The molecule has 5 nitrogen and oxygen atoms in total. The highest BCUT2D eigenvalue weighted by Crippen LogP contribution is 2.36. The van der Waals surface area contributed by atoms with Gasteiger partial charge in [0.25, 0.3) is 0 Å². The third kappa shape index (κ3) is 5.05. The van der Waals surface area contributed by atoms with Crippen LogP contribution in [0, 0.1) is 0 Å². The summed E-state index contributed by atoms with van der Waals surface area (Å²) in [6, 6.07) is 34.3. The molecule has 0 spiro atoms. The first-order chi connectivity index (χ1) is 17.7. The summed E-state index contributed by atoms with van der Waals surface area (Å²) in [5.41, 5.74) is 2.90. The zero-order valence-electron chi connectivity index (χ0n) is 19.8. The highest BCUT2D eigenvalue weighted by molar-refractivity contribution is 5.90. The summed E-state index contributed by atoms with van der Waals surface area (Å²) in [5.74, 6) is 0.715. The molecule has 0 saturated carbocycles. The molecule has 0 amide bonds. The lowest BCUT2D eigenvalue weighted by atomic mass is 10.00. The minimum Gasteiger partial charge on any atom is -0.493 e. The second-order valence-electron chi connectivity index (χ2n) is 8.25. The smallest absolute Gasteiger partial charge is 0.339 e. The largest absolute Gasteiger partial charge is 0.493 e. The molecule has 0 radical (unpaired) electrons. The van der Waals surface area contributed by atoms with Gasteiger partial charge in [0.05, 0.1) is 18.4 Å². The van der Waals surface area contributed by atoms with E-state index in [1.165, 1.54) is 0 Å². The van der Waals surface area contributed by atoms with Crippen LogP contribution in [0.5, 0.6) is 11.5 Å². The normalized spacial score (nSPS) is 11.6. The summed E-state index contributed by atoms with van der Waals surface area (Å²) in [7, 11) is 1.59. The molecule has 0 aliphatic heterocycles. The third-order valence-electron chi connectivity index (χ3n) is 5.91. The molecule has 5 rings (SSSR count). The number of hydrogen-bond donors (Lipinski definition) is 0. The maximum Gasteiger partial charge on any atom is 0.339 e. The summed E-state index contributed by atoms with van der Waals surface area (Å²) in [5, 5.41) is 1.92. The first-order valence-corrected chi connectivity index (χ1v) is 11.7. The molecule has 0 aliphatic carbocycles. The van der Waals surface area contributed by atoms with Gasteiger partial charge in [-0.15, -0.1) is 0 Å². The van der Waals surface area contributed by atoms with Gasteiger partial charge in [0, 0.05) is 17.1 Å². The fraction of sp³-hybridized carbons (Fsp3) is 0.0968. The third-order valence-corrected chi connectivity index (χ3v) is 5.91. The first kappa shape index (κ1) is 23.1. The van der Waals surface area contributed by atoms with Crippen LogP contribution in [0.2, 0.25) is 0 Å². The van der Waals surface area contributed by atoms with E-state index in [1.54, 1.807) is 25.4 Å². The topological polar surface area (TPSA) is 57.7 Å². The van der Waals surface area contributed by atoms with E-state index in [4.69, 9.17) is 14.2 Å². The number of carbonyl (C=O) groups is 1. The monoisotopic (exact) mass is 475 g/mol. The van der Waals surface area contributed by atoms with E-state index in [0.717, 1.165) is 21.9 Å². The minimum atomic E-state index is -0.749. The molecule has 178 valence electrons. The van der Waals surface area contributed by atoms with Crippen molar-refractivity contribution in [3.05, 3.63) is 138 Å². The Morgan fingerprint density at radius 1 is 0.806 bits per heavy atom. The van der Waals surface area contributed by atoms with Crippen LogP contribution in [0.1, 0.15) is 33.3 Å². The molecule has 5 heteroatoms. The van der Waals surface area contributed by atoms with Crippen LogP contribution in [0.3, 0.4) is 0 Å². The first-order valence-electron chi connectivity index (χ1n) is 11.7. The van der Waals surface area contributed by atoms with Crippen molar-refractivity contribution in [3.8, 4) is 11.5 Å². The van der Waals surface area contributed by atoms with Crippen LogP contribution in [-0.2, 0) is 11.3 Å². The maximum atomic E-state index is 13.1. The Morgan fingerprint density at radius 3 is 2.31 bits per heavy atom. The molecule has 4 aromatic carbocycles.